The van der Waals surface area contributed by atoms with Gasteiger partial charge in [0.15, 0.2) is 5.78 Å². The van der Waals surface area contributed by atoms with E-state index in [0.717, 1.165) is 38.8 Å². The van der Waals surface area contributed by atoms with Gasteiger partial charge in [0.05, 0.1) is 12.2 Å². The van der Waals surface area contributed by atoms with Crippen LogP contribution in [-0.4, -0.2) is 55.1 Å². The lowest BCUT2D eigenvalue weighted by Crippen LogP contribution is -2.50. The first kappa shape index (κ1) is 16.4. The Kier molecular flexibility index (Phi) is 5.38. The van der Waals surface area contributed by atoms with E-state index in [1.807, 2.05) is 0 Å². The van der Waals surface area contributed by atoms with Crippen molar-refractivity contribution < 1.29 is 19.1 Å². The summed E-state index contributed by atoms with van der Waals surface area (Å²) in [5.41, 5.74) is -0.631. The zero-order valence-corrected chi connectivity index (χ0v) is 13.4. The molecule has 0 bridgehead atoms. The average Bonchev–Trinajstić information content (AvgIpc) is 2.73. The minimum absolute atomic E-state index is 0.0635. The number of hydrogen-bond donors (Lipinski definition) is 0. The van der Waals surface area contributed by atoms with Gasteiger partial charge in [0.25, 0.3) is 0 Å². The Morgan fingerprint density at radius 1 is 1.38 bits per heavy atom. The monoisotopic (exact) mass is 297 g/mol. The third-order valence-electron chi connectivity index (χ3n) is 4.68. The molecule has 0 aromatic heterocycles. The molecule has 0 amide bonds. The van der Waals surface area contributed by atoms with Gasteiger partial charge in [-0.05, 0) is 33.2 Å². The summed E-state index contributed by atoms with van der Waals surface area (Å²) in [5.74, 6) is -1.19. The van der Waals surface area contributed by atoms with Gasteiger partial charge in [-0.25, -0.2) is 0 Å². The first-order valence-corrected chi connectivity index (χ1v) is 8.10. The van der Waals surface area contributed by atoms with E-state index in [2.05, 4.69) is 18.9 Å². The lowest BCUT2D eigenvalue weighted by atomic mass is 9.78. The van der Waals surface area contributed by atoms with E-state index in [9.17, 15) is 9.59 Å². The smallest absolute Gasteiger partial charge is 0.319 e. The van der Waals surface area contributed by atoms with E-state index >= 15 is 0 Å². The fourth-order valence-corrected chi connectivity index (χ4v) is 3.41. The molecule has 2 saturated heterocycles. The highest BCUT2D eigenvalue weighted by atomic mass is 16.6. The van der Waals surface area contributed by atoms with Crippen molar-refractivity contribution in [1.29, 1.82) is 0 Å². The van der Waals surface area contributed by atoms with Gasteiger partial charge in [0.1, 0.15) is 12.0 Å². The van der Waals surface area contributed by atoms with Crippen LogP contribution in [0.2, 0.25) is 0 Å². The highest BCUT2D eigenvalue weighted by Crippen LogP contribution is 2.43. The predicted molar refractivity (Wildman–Crippen MR) is 79.0 cm³/mol. The summed E-state index contributed by atoms with van der Waals surface area (Å²) in [6, 6.07) is 0. The maximum absolute atomic E-state index is 12.6. The summed E-state index contributed by atoms with van der Waals surface area (Å²) in [7, 11) is 2.05. The van der Waals surface area contributed by atoms with Crippen molar-refractivity contribution >= 4 is 11.8 Å². The van der Waals surface area contributed by atoms with Gasteiger partial charge in [-0.15, -0.1) is 0 Å². The van der Waals surface area contributed by atoms with Crippen molar-refractivity contribution in [1.82, 2.24) is 4.90 Å². The quantitative estimate of drug-likeness (QED) is 0.572. The minimum Gasteiger partial charge on any atom is -0.465 e. The minimum atomic E-state index is -0.729. The number of rotatable bonds is 5. The molecule has 2 heterocycles. The molecule has 0 aromatic carbocycles. The fourth-order valence-electron chi connectivity index (χ4n) is 3.41. The number of esters is 1. The van der Waals surface area contributed by atoms with Crippen LogP contribution in [0.25, 0.3) is 0 Å². The van der Waals surface area contributed by atoms with Gasteiger partial charge in [-0.2, -0.15) is 0 Å². The highest BCUT2D eigenvalue weighted by molar-refractivity contribution is 6.04. The number of ether oxygens (including phenoxy) is 2. The Morgan fingerprint density at radius 3 is 2.62 bits per heavy atom. The Bertz CT molecular complexity index is 388. The molecule has 5 nitrogen and oxygen atoms in total. The normalized spacial score (nSPS) is 29.0. The summed E-state index contributed by atoms with van der Waals surface area (Å²) < 4.78 is 11.3. The van der Waals surface area contributed by atoms with Crippen molar-refractivity contribution in [3.8, 4) is 0 Å². The van der Waals surface area contributed by atoms with Gasteiger partial charge >= 0.3 is 5.97 Å². The van der Waals surface area contributed by atoms with Crippen LogP contribution in [0.1, 0.15) is 46.0 Å². The van der Waals surface area contributed by atoms with E-state index < -0.39 is 23.6 Å². The summed E-state index contributed by atoms with van der Waals surface area (Å²) in [6.07, 6.45) is 3.70. The van der Waals surface area contributed by atoms with Crippen LogP contribution >= 0.6 is 0 Å². The molecule has 1 spiro atoms. The Balaban J connectivity index is 2.19. The third-order valence-corrected chi connectivity index (χ3v) is 4.68. The number of nitrogens with zero attached hydrogens (tertiary/aromatic N) is 1. The first-order chi connectivity index (χ1) is 10.0. The Morgan fingerprint density at radius 2 is 2.05 bits per heavy atom. The molecule has 120 valence electrons. The molecule has 0 aliphatic carbocycles. The van der Waals surface area contributed by atoms with Crippen molar-refractivity contribution in [2.75, 3.05) is 26.7 Å². The van der Waals surface area contributed by atoms with Gasteiger partial charge in [0.2, 0.25) is 0 Å². The summed E-state index contributed by atoms with van der Waals surface area (Å²) in [5, 5.41) is 0. The third kappa shape index (κ3) is 3.29. The molecule has 2 unspecified atom stereocenters. The molecule has 21 heavy (non-hydrogen) atoms. The molecular weight excluding hydrogens is 270 g/mol. The van der Waals surface area contributed by atoms with E-state index in [1.165, 1.54) is 0 Å². The number of carbonyl (C=O) groups excluding carboxylic acids is 2. The molecular formula is C16H27NO4. The average molecular weight is 297 g/mol. The van der Waals surface area contributed by atoms with Crippen molar-refractivity contribution in [2.24, 2.45) is 5.92 Å². The van der Waals surface area contributed by atoms with Gasteiger partial charge in [0, 0.05) is 13.1 Å². The Hall–Kier alpha value is -0.940. The van der Waals surface area contributed by atoms with Crippen molar-refractivity contribution in [3.63, 3.8) is 0 Å². The molecule has 0 radical (unpaired) electrons. The molecule has 2 atom stereocenters. The van der Waals surface area contributed by atoms with E-state index in [1.54, 1.807) is 6.92 Å². The molecule has 2 rings (SSSR count). The number of piperidine rings is 1. The predicted octanol–water partition coefficient (Wildman–Crippen LogP) is 1.79. The van der Waals surface area contributed by atoms with Gasteiger partial charge in [-0.1, -0.05) is 19.8 Å². The fraction of sp³-hybridized carbons (Fsp3) is 0.875. The topological polar surface area (TPSA) is 55.8 Å². The van der Waals surface area contributed by atoms with E-state index in [4.69, 9.17) is 9.47 Å². The highest BCUT2D eigenvalue weighted by Gasteiger charge is 2.58. The number of likely N-dealkylation sites (tertiary alicyclic amines) is 1. The van der Waals surface area contributed by atoms with Gasteiger partial charge < -0.3 is 14.4 Å². The zero-order valence-electron chi connectivity index (χ0n) is 13.4. The molecule has 2 fully saturated rings. The lowest BCUT2D eigenvalue weighted by molar-refractivity contribution is -0.159. The standard InChI is InChI=1S/C16H27NO4/c1-4-6-7-12-14(18)13(15(19)20-5-2)16(21-12)8-10-17(3)11-9-16/h12-13H,4-11H2,1-3H3. The zero-order chi connectivity index (χ0) is 15.5. The molecule has 0 saturated carbocycles. The number of hydrogen-bond acceptors (Lipinski definition) is 5. The number of carbonyl (C=O) groups is 2. The largest absolute Gasteiger partial charge is 0.465 e. The van der Waals surface area contributed by atoms with Crippen molar-refractivity contribution in [3.05, 3.63) is 0 Å². The summed E-state index contributed by atoms with van der Waals surface area (Å²) >= 11 is 0. The second-order valence-corrected chi connectivity index (χ2v) is 6.20. The maximum Gasteiger partial charge on any atom is 0.319 e. The summed E-state index contributed by atoms with van der Waals surface area (Å²) in [6.45, 7) is 5.87. The molecule has 2 aliphatic heterocycles. The van der Waals surface area contributed by atoms with Crippen LogP contribution in [-0.2, 0) is 19.1 Å². The first-order valence-electron chi connectivity index (χ1n) is 8.10. The van der Waals surface area contributed by atoms with E-state index in [-0.39, 0.29) is 5.78 Å². The SMILES string of the molecule is CCCCC1OC2(CCN(C)CC2)C(C(=O)OCC)C1=O. The number of unbranched alkanes of at least 4 members (excludes halogenated alkanes) is 1. The second kappa shape index (κ2) is 6.88. The van der Waals surface area contributed by atoms with Crippen LogP contribution in [0.3, 0.4) is 0 Å². The van der Waals surface area contributed by atoms with Crippen LogP contribution in [0, 0.1) is 5.92 Å². The molecule has 5 heteroatoms. The maximum atomic E-state index is 12.6. The molecule has 0 aromatic rings. The number of ketones is 1. The van der Waals surface area contributed by atoms with E-state index in [0.29, 0.717) is 13.0 Å². The Labute approximate surface area is 127 Å². The van der Waals surface area contributed by atoms with Crippen LogP contribution in [0.4, 0.5) is 0 Å². The van der Waals surface area contributed by atoms with Crippen LogP contribution < -0.4 is 0 Å². The molecule has 0 N–H and O–H groups in total. The second-order valence-electron chi connectivity index (χ2n) is 6.20. The van der Waals surface area contributed by atoms with Crippen molar-refractivity contribution in [2.45, 2.75) is 57.7 Å². The number of Topliss-reactive ketones (excluding diaryl/α,β-unsaturated/α-hetero) is 1. The lowest BCUT2D eigenvalue weighted by Gasteiger charge is -2.39. The van der Waals surface area contributed by atoms with Crippen LogP contribution in [0.15, 0.2) is 0 Å². The van der Waals surface area contributed by atoms with Crippen LogP contribution in [0.5, 0.6) is 0 Å². The van der Waals surface area contributed by atoms with Gasteiger partial charge in [-0.3, -0.25) is 9.59 Å². The molecule has 2 aliphatic rings. The summed E-state index contributed by atoms with van der Waals surface area (Å²) in [4.78, 5) is 27.1.